The maximum atomic E-state index is 12.8. The van der Waals surface area contributed by atoms with Gasteiger partial charge in [-0.2, -0.15) is 0 Å². The number of ether oxygens (including phenoxy) is 1. The Morgan fingerprint density at radius 2 is 1.96 bits per heavy atom. The number of benzene rings is 1. The zero-order valence-corrected chi connectivity index (χ0v) is 13.8. The Balaban J connectivity index is 1.64. The molecule has 0 radical (unpaired) electrons. The Labute approximate surface area is 141 Å². The van der Waals surface area contributed by atoms with E-state index in [1.54, 1.807) is 7.05 Å². The topological polar surface area (TPSA) is 78.0 Å². The van der Waals surface area contributed by atoms with E-state index >= 15 is 0 Å². The van der Waals surface area contributed by atoms with Crippen LogP contribution in [0.15, 0.2) is 29.3 Å². The van der Waals surface area contributed by atoms with E-state index in [1.165, 1.54) is 24.3 Å². The SMILES string of the molecule is CN=C(NCCN1CCOCC1)NCC(=O)Nc1ccc(F)cc1. The summed E-state index contributed by atoms with van der Waals surface area (Å²) in [6.45, 7) is 5.13. The molecule has 0 unspecified atom stereocenters. The maximum Gasteiger partial charge on any atom is 0.243 e. The molecule has 7 nitrogen and oxygen atoms in total. The number of halogens is 1. The van der Waals surface area contributed by atoms with Gasteiger partial charge in [0.15, 0.2) is 5.96 Å². The third-order valence-corrected chi connectivity index (χ3v) is 3.59. The Bertz CT molecular complexity index is 544. The third-order valence-electron chi connectivity index (χ3n) is 3.59. The van der Waals surface area contributed by atoms with Crippen LogP contribution in [0.5, 0.6) is 0 Å². The second kappa shape index (κ2) is 9.84. The number of morpholine rings is 1. The molecule has 1 aromatic carbocycles. The van der Waals surface area contributed by atoms with Gasteiger partial charge in [0.25, 0.3) is 0 Å². The molecule has 8 heteroatoms. The lowest BCUT2D eigenvalue weighted by atomic mass is 10.3. The van der Waals surface area contributed by atoms with Crippen LogP contribution in [0.25, 0.3) is 0 Å². The fourth-order valence-electron chi connectivity index (χ4n) is 2.28. The van der Waals surface area contributed by atoms with E-state index in [9.17, 15) is 9.18 Å². The minimum atomic E-state index is -0.337. The van der Waals surface area contributed by atoms with Crippen molar-refractivity contribution >= 4 is 17.6 Å². The first-order chi connectivity index (χ1) is 11.7. The Morgan fingerprint density at radius 3 is 2.62 bits per heavy atom. The van der Waals surface area contributed by atoms with Crippen LogP contribution in [0.2, 0.25) is 0 Å². The highest BCUT2D eigenvalue weighted by molar-refractivity contribution is 5.94. The van der Waals surface area contributed by atoms with Crippen LogP contribution in [-0.2, 0) is 9.53 Å². The standard InChI is InChI=1S/C16H24FN5O2/c1-18-16(19-6-7-22-8-10-24-11-9-22)20-12-15(23)21-14-4-2-13(17)3-5-14/h2-5H,6-12H2,1H3,(H,21,23)(H2,18,19,20). The van der Waals surface area contributed by atoms with Gasteiger partial charge in [0.2, 0.25) is 5.91 Å². The summed E-state index contributed by atoms with van der Waals surface area (Å²) in [6, 6.07) is 5.63. The number of rotatable bonds is 6. The summed E-state index contributed by atoms with van der Waals surface area (Å²) < 4.78 is 18.1. The first-order valence-electron chi connectivity index (χ1n) is 7.97. The first-order valence-corrected chi connectivity index (χ1v) is 7.97. The molecule has 0 bridgehead atoms. The van der Waals surface area contributed by atoms with E-state index in [2.05, 4.69) is 25.8 Å². The fourth-order valence-corrected chi connectivity index (χ4v) is 2.28. The molecule has 132 valence electrons. The summed E-state index contributed by atoms with van der Waals surface area (Å²) >= 11 is 0. The minimum Gasteiger partial charge on any atom is -0.379 e. The van der Waals surface area contributed by atoms with E-state index in [4.69, 9.17) is 4.74 Å². The van der Waals surface area contributed by atoms with Crippen LogP contribution < -0.4 is 16.0 Å². The summed E-state index contributed by atoms with van der Waals surface area (Å²) in [5.41, 5.74) is 0.554. The molecular formula is C16H24FN5O2. The van der Waals surface area contributed by atoms with E-state index in [-0.39, 0.29) is 18.3 Å². The predicted octanol–water partition coefficient (Wildman–Crippen LogP) is 0.261. The molecule has 24 heavy (non-hydrogen) atoms. The molecule has 1 aromatic rings. The summed E-state index contributed by atoms with van der Waals surface area (Å²) in [5, 5.41) is 8.80. The summed E-state index contributed by atoms with van der Waals surface area (Å²) in [4.78, 5) is 18.3. The Hall–Kier alpha value is -2.19. The number of anilines is 1. The van der Waals surface area contributed by atoms with Crippen LogP contribution in [0.3, 0.4) is 0 Å². The van der Waals surface area contributed by atoms with Gasteiger partial charge in [0.05, 0.1) is 19.8 Å². The molecule has 2 rings (SSSR count). The smallest absolute Gasteiger partial charge is 0.243 e. The van der Waals surface area contributed by atoms with Crippen molar-refractivity contribution in [2.24, 2.45) is 4.99 Å². The third kappa shape index (κ3) is 6.51. The fraction of sp³-hybridized carbons (Fsp3) is 0.500. The van der Waals surface area contributed by atoms with E-state index in [0.29, 0.717) is 11.6 Å². The molecule has 0 aromatic heterocycles. The van der Waals surface area contributed by atoms with E-state index < -0.39 is 0 Å². The van der Waals surface area contributed by atoms with Crippen molar-refractivity contribution in [2.45, 2.75) is 0 Å². The van der Waals surface area contributed by atoms with Gasteiger partial charge >= 0.3 is 0 Å². The van der Waals surface area contributed by atoms with Crippen molar-refractivity contribution in [3.8, 4) is 0 Å². The van der Waals surface area contributed by atoms with Crippen LogP contribution in [0.1, 0.15) is 0 Å². The highest BCUT2D eigenvalue weighted by Crippen LogP contribution is 2.07. The second-order valence-electron chi connectivity index (χ2n) is 5.36. The summed E-state index contributed by atoms with van der Waals surface area (Å²) in [6.07, 6.45) is 0. The minimum absolute atomic E-state index is 0.0780. The molecule has 1 aliphatic heterocycles. The molecule has 0 spiro atoms. The molecule has 1 fully saturated rings. The first kappa shape index (κ1) is 18.2. The Morgan fingerprint density at radius 1 is 1.25 bits per heavy atom. The van der Waals surface area contributed by atoms with Gasteiger partial charge in [0, 0.05) is 38.9 Å². The number of guanidine groups is 1. The van der Waals surface area contributed by atoms with Crippen molar-refractivity contribution in [3.63, 3.8) is 0 Å². The monoisotopic (exact) mass is 337 g/mol. The van der Waals surface area contributed by atoms with Gasteiger partial charge in [-0.25, -0.2) is 4.39 Å². The van der Waals surface area contributed by atoms with Crippen molar-refractivity contribution in [1.82, 2.24) is 15.5 Å². The highest BCUT2D eigenvalue weighted by atomic mass is 19.1. The molecule has 1 saturated heterocycles. The maximum absolute atomic E-state index is 12.8. The van der Waals surface area contributed by atoms with Gasteiger partial charge in [-0.15, -0.1) is 0 Å². The molecule has 1 aliphatic rings. The van der Waals surface area contributed by atoms with Crippen molar-refractivity contribution in [2.75, 3.05) is 58.3 Å². The number of hydrogen-bond acceptors (Lipinski definition) is 4. The molecule has 0 atom stereocenters. The Kier molecular flexibility index (Phi) is 7.44. The zero-order chi connectivity index (χ0) is 17.2. The lowest BCUT2D eigenvalue weighted by Crippen LogP contribution is -2.45. The normalized spacial score (nSPS) is 15.8. The van der Waals surface area contributed by atoms with Crippen LogP contribution in [0.4, 0.5) is 10.1 Å². The van der Waals surface area contributed by atoms with Gasteiger partial charge < -0.3 is 20.7 Å². The van der Waals surface area contributed by atoms with Crippen molar-refractivity contribution in [1.29, 1.82) is 0 Å². The van der Waals surface area contributed by atoms with Gasteiger partial charge in [0.1, 0.15) is 5.82 Å². The van der Waals surface area contributed by atoms with Crippen LogP contribution >= 0.6 is 0 Å². The number of nitrogens with zero attached hydrogens (tertiary/aromatic N) is 2. The van der Waals surface area contributed by atoms with E-state index in [0.717, 1.165) is 39.4 Å². The number of carbonyl (C=O) groups is 1. The quantitative estimate of drug-likeness (QED) is 0.513. The van der Waals surface area contributed by atoms with Gasteiger partial charge in [-0.3, -0.25) is 14.7 Å². The summed E-state index contributed by atoms with van der Waals surface area (Å²) in [7, 11) is 1.65. The molecule has 1 amide bonds. The average molecular weight is 337 g/mol. The van der Waals surface area contributed by atoms with Crippen LogP contribution in [0, 0.1) is 5.82 Å². The van der Waals surface area contributed by atoms with E-state index in [1.807, 2.05) is 0 Å². The van der Waals surface area contributed by atoms with Gasteiger partial charge in [-0.05, 0) is 24.3 Å². The number of amides is 1. The zero-order valence-electron chi connectivity index (χ0n) is 13.8. The summed E-state index contributed by atoms with van der Waals surface area (Å²) in [5.74, 6) is 0.00578. The number of nitrogens with one attached hydrogen (secondary N) is 3. The molecule has 0 saturated carbocycles. The lowest BCUT2D eigenvalue weighted by molar-refractivity contribution is -0.115. The highest BCUT2D eigenvalue weighted by Gasteiger charge is 2.10. The second-order valence-corrected chi connectivity index (χ2v) is 5.36. The molecular weight excluding hydrogens is 313 g/mol. The average Bonchev–Trinajstić information content (AvgIpc) is 2.61. The lowest BCUT2D eigenvalue weighted by Gasteiger charge is -2.26. The van der Waals surface area contributed by atoms with Crippen molar-refractivity contribution < 1.29 is 13.9 Å². The predicted molar refractivity (Wildman–Crippen MR) is 91.7 cm³/mol. The van der Waals surface area contributed by atoms with Gasteiger partial charge in [-0.1, -0.05) is 0 Å². The number of hydrogen-bond donors (Lipinski definition) is 3. The molecule has 3 N–H and O–H groups in total. The molecule has 1 heterocycles. The molecule has 0 aliphatic carbocycles. The van der Waals surface area contributed by atoms with Crippen molar-refractivity contribution in [3.05, 3.63) is 30.1 Å². The number of aliphatic imine (C=N–C) groups is 1. The van der Waals surface area contributed by atoms with Crippen LogP contribution in [-0.4, -0.2) is 69.8 Å². The number of carbonyl (C=O) groups excluding carboxylic acids is 1. The largest absolute Gasteiger partial charge is 0.379 e.